The summed E-state index contributed by atoms with van der Waals surface area (Å²) in [7, 11) is 0. The summed E-state index contributed by atoms with van der Waals surface area (Å²) in [4.78, 5) is 111. The molecule has 0 aliphatic rings. The van der Waals surface area contributed by atoms with Crippen LogP contribution in [0.25, 0.3) is 0 Å². The minimum atomic E-state index is -1.94. The lowest BCUT2D eigenvalue weighted by Gasteiger charge is -2.27. The highest BCUT2D eigenvalue weighted by Gasteiger charge is 2.35. The van der Waals surface area contributed by atoms with Crippen LogP contribution in [0.5, 0.6) is 0 Å². The minimum absolute atomic E-state index is 0.0160. The van der Waals surface area contributed by atoms with Crippen molar-refractivity contribution in [3.8, 4) is 0 Å². The molecule has 11 N–H and O–H groups in total. The van der Waals surface area contributed by atoms with E-state index in [-0.39, 0.29) is 18.8 Å². The number of amides is 5. The molecule has 20 heteroatoms. The molecule has 0 aromatic rings. The van der Waals surface area contributed by atoms with Gasteiger partial charge in [0.1, 0.15) is 30.2 Å². The molecular formula is C29H48N6O13S. The first-order chi connectivity index (χ1) is 22.7. The van der Waals surface area contributed by atoms with Crippen molar-refractivity contribution in [2.45, 2.75) is 102 Å². The fourth-order valence-corrected chi connectivity index (χ4v) is 4.74. The van der Waals surface area contributed by atoms with Crippen molar-refractivity contribution in [3.05, 3.63) is 0 Å². The van der Waals surface area contributed by atoms with E-state index in [1.807, 2.05) is 0 Å². The van der Waals surface area contributed by atoms with Crippen LogP contribution in [0, 0.1) is 11.8 Å². The molecule has 19 nitrogen and oxygen atoms in total. The van der Waals surface area contributed by atoms with Crippen molar-refractivity contribution < 1.29 is 63.6 Å². The molecule has 0 saturated carbocycles. The van der Waals surface area contributed by atoms with Crippen LogP contribution >= 0.6 is 11.8 Å². The highest BCUT2D eigenvalue weighted by Crippen LogP contribution is 2.10. The van der Waals surface area contributed by atoms with E-state index >= 15 is 0 Å². The molecule has 0 heterocycles. The van der Waals surface area contributed by atoms with Gasteiger partial charge in [0, 0.05) is 6.42 Å². The van der Waals surface area contributed by atoms with E-state index in [2.05, 4.69) is 26.6 Å². The van der Waals surface area contributed by atoms with Crippen LogP contribution in [0.1, 0.15) is 66.2 Å². The van der Waals surface area contributed by atoms with Crippen LogP contribution in [0.15, 0.2) is 0 Å². The van der Waals surface area contributed by atoms with E-state index in [9.17, 15) is 58.5 Å². The second kappa shape index (κ2) is 22.2. The number of carbonyl (C=O) groups is 9. The molecule has 6 atom stereocenters. The summed E-state index contributed by atoms with van der Waals surface area (Å²) in [5.74, 6) is -11.5. The largest absolute Gasteiger partial charge is 0.481 e. The quantitative estimate of drug-likeness (QED) is 0.0520. The summed E-state index contributed by atoms with van der Waals surface area (Å²) in [6.45, 7) is 6.49. The van der Waals surface area contributed by atoms with Crippen LogP contribution in [0.4, 0.5) is 0 Å². The number of nitrogens with one attached hydrogen (secondary N) is 5. The van der Waals surface area contributed by atoms with Gasteiger partial charge in [0.2, 0.25) is 29.5 Å². The zero-order valence-electron chi connectivity index (χ0n) is 28.0. The Kier molecular flexibility index (Phi) is 20.2. The highest BCUT2D eigenvalue weighted by atomic mass is 32.2. The zero-order valence-corrected chi connectivity index (χ0v) is 28.8. The van der Waals surface area contributed by atoms with Crippen LogP contribution in [0.3, 0.4) is 0 Å². The van der Waals surface area contributed by atoms with Gasteiger partial charge in [-0.05, 0) is 43.1 Å². The summed E-state index contributed by atoms with van der Waals surface area (Å²) < 4.78 is 0. The first kappa shape index (κ1) is 44.5. The van der Waals surface area contributed by atoms with Crippen molar-refractivity contribution in [2.75, 3.05) is 12.0 Å². The van der Waals surface area contributed by atoms with E-state index in [0.29, 0.717) is 5.75 Å². The molecule has 278 valence electrons. The average Bonchev–Trinajstić information content (AvgIpc) is 2.97. The van der Waals surface area contributed by atoms with Gasteiger partial charge in [-0.25, -0.2) is 4.79 Å². The molecule has 0 bridgehead atoms. The SMILES string of the molecule is CSCC[C@H](N)C(=O)N[C@@H](CCC(=O)O)C(=O)N[C@@H](CC(=O)O)C(=O)N[C@@H](CC(=O)O)C(=O)N[C@@H](CC(C)C)C(=O)N[C@H](C(=O)O)C(C)C. The minimum Gasteiger partial charge on any atom is -0.481 e. The van der Waals surface area contributed by atoms with Crippen molar-refractivity contribution in [1.82, 2.24) is 26.6 Å². The number of carboxylic acid groups (broad SMARTS) is 4. The molecule has 0 fully saturated rings. The molecule has 0 unspecified atom stereocenters. The molecule has 0 aromatic heterocycles. The standard InChI is InChI=1S/C29H48N6O13S/c1-13(2)10-17(28(46)35-23(14(3)4)29(47)48)32-26(44)19(12-22(40)41)34-27(45)18(11-21(38)39)33-25(43)16(6-7-20(36)37)31-24(42)15(30)8-9-49-5/h13-19,23H,6-12,30H2,1-5H3,(H,31,42)(H,32,44)(H,33,43)(H,34,45)(H,35,46)(H,36,37)(H,38,39)(H,40,41)(H,47,48)/t15-,16-,17-,18-,19-,23-/m0/s1. The summed E-state index contributed by atoms with van der Waals surface area (Å²) >= 11 is 1.40. The number of aliphatic carboxylic acids is 4. The van der Waals surface area contributed by atoms with Crippen molar-refractivity contribution >= 4 is 65.2 Å². The molecule has 0 saturated heterocycles. The molecule has 0 aliphatic heterocycles. The topological polar surface area (TPSA) is 321 Å². The summed E-state index contributed by atoms with van der Waals surface area (Å²) in [6, 6.07) is -9.16. The first-order valence-electron chi connectivity index (χ1n) is 15.3. The molecule has 0 aromatic carbocycles. The van der Waals surface area contributed by atoms with Crippen molar-refractivity contribution in [3.63, 3.8) is 0 Å². The summed E-state index contributed by atoms with van der Waals surface area (Å²) in [6.07, 6.45) is -1.22. The summed E-state index contributed by atoms with van der Waals surface area (Å²) in [5, 5.41) is 48.5. The maximum atomic E-state index is 13.2. The van der Waals surface area contributed by atoms with E-state index < -0.39 is 121 Å². The van der Waals surface area contributed by atoms with Crippen molar-refractivity contribution in [1.29, 1.82) is 0 Å². The van der Waals surface area contributed by atoms with Crippen LogP contribution in [-0.4, -0.2) is 122 Å². The number of carboxylic acids is 4. The number of hydrogen-bond donors (Lipinski definition) is 10. The third-order valence-electron chi connectivity index (χ3n) is 6.84. The lowest BCUT2D eigenvalue weighted by Crippen LogP contribution is -2.60. The predicted molar refractivity (Wildman–Crippen MR) is 174 cm³/mol. The normalized spacial score (nSPS) is 14.7. The Morgan fingerprint density at radius 2 is 1.02 bits per heavy atom. The monoisotopic (exact) mass is 720 g/mol. The van der Waals surface area contributed by atoms with E-state index in [1.165, 1.54) is 11.8 Å². The molecule has 0 rings (SSSR count). The van der Waals surface area contributed by atoms with Crippen molar-refractivity contribution in [2.24, 2.45) is 17.6 Å². The van der Waals surface area contributed by atoms with Crippen LogP contribution < -0.4 is 32.3 Å². The second-order valence-electron chi connectivity index (χ2n) is 12.0. The Labute approximate surface area is 287 Å². The number of hydrogen-bond acceptors (Lipinski definition) is 11. The van der Waals surface area contributed by atoms with Gasteiger partial charge in [0.05, 0.1) is 18.9 Å². The lowest BCUT2D eigenvalue weighted by atomic mass is 10.00. The molecule has 0 spiro atoms. The Morgan fingerprint density at radius 3 is 1.41 bits per heavy atom. The van der Waals surface area contributed by atoms with Gasteiger partial charge in [0.15, 0.2) is 0 Å². The molecule has 0 aliphatic carbocycles. The predicted octanol–water partition coefficient (Wildman–Crippen LogP) is -1.91. The van der Waals surface area contributed by atoms with Gasteiger partial charge in [-0.2, -0.15) is 11.8 Å². The lowest BCUT2D eigenvalue weighted by molar-refractivity contribution is -0.144. The number of thioether (sulfide) groups is 1. The molecule has 5 amide bonds. The van der Waals surface area contributed by atoms with E-state index in [1.54, 1.807) is 34.0 Å². The van der Waals surface area contributed by atoms with Gasteiger partial charge in [-0.1, -0.05) is 27.7 Å². The smallest absolute Gasteiger partial charge is 0.326 e. The third kappa shape index (κ3) is 18.0. The molecular weight excluding hydrogens is 672 g/mol. The number of rotatable bonds is 24. The average molecular weight is 721 g/mol. The highest BCUT2D eigenvalue weighted by molar-refractivity contribution is 7.98. The van der Waals surface area contributed by atoms with E-state index in [0.717, 1.165) is 0 Å². The van der Waals surface area contributed by atoms with Gasteiger partial charge in [-0.3, -0.25) is 38.4 Å². The van der Waals surface area contributed by atoms with Gasteiger partial charge in [-0.15, -0.1) is 0 Å². The second-order valence-corrected chi connectivity index (χ2v) is 12.9. The summed E-state index contributed by atoms with van der Waals surface area (Å²) in [5.41, 5.74) is 5.82. The number of nitrogens with two attached hydrogens (primary N) is 1. The Balaban J connectivity index is 6.17. The van der Waals surface area contributed by atoms with Crippen LogP contribution in [-0.2, 0) is 43.2 Å². The maximum absolute atomic E-state index is 13.2. The van der Waals surface area contributed by atoms with Gasteiger partial charge in [0.25, 0.3) is 0 Å². The fraction of sp³-hybridized carbons (Fsp3) is 0.690. The third-order valence-corrected chi connectivity index (χ3v) is 7.49. The maximum Gasteiger partial charge on any atom is 0.326 e. The Hall–Kier alpha value is -4.46. The number of carbonyl (C=O) groups excluding carboxylic acids is 5. The molecule has 0 radical (unpaired) electrons. The molecule has 49 heavy (non-hydrogen) atoms. The van der Waals surface area contributed by atoms with Gasteiger partial charge < -0.3 is 52.7 Å². The Bertz CT molecular complexity index is 1220. The van der Waals surface area contributed by atoms with E-state index in [4.69, 9.17) is 10.8 Å². The zero-order chi connectivity index (χ0) is 38.0. The first-order valence-corrected chi connectivity index (χ1v) is 16.7. The Morgan fingerprint density at radius 1 is 0.592 bits per heavy atom. The van der Waals surface area contributed by atoms with Gasteiger partial charge >= 0.3 is 23.9 Å². The fourth-order valence-electron chi connectivity index (χ4n) is 4.25. The van der Waals surface area contributed by atoms with Crippen LogP contribution in [0.2, 0.25) is 0 Å².